The van der Waals surface area contributed by atoms with E-state index in [2.05, 4.69) is 10.5 Å². The molecule has 1 heterocycles. The van der Waals surface area contributed by atoms with Crippen LogP contribution in [0.3, 0.4) is 0 Å². The molecule has 1 aromatic heterocycles. The molecule has 1 atom stereocenters. The highest BCUT2D eigenvalue weighted by atomic mass is 16.5. The van der Waals surface area contributed by atoms with Crippen molar-refractivity contribution in [2.24, 2.45) is 5.92 Å². The van der Waals surface area contributed by atoms with Gasteiger partial charge in [-0.3, -0.25) is 4.79 Å². The molecule has 0 spiro atoms. The molecule has 0 radical (unpaired) electrons. The summed E-state index contributed by atoms with van der Waals surface area (Å²) in [6, 6.07) is 8.94. The van der Waals surface area contributed by atoms with Crippen LogP contribution >= 0.6 is 0 Å². The van der Waals surface area contributed by atoms with Gasteiger partial charge in [0.05, 0.1) is 5.69 Å². The fourth-order valence-corrected chi connectivity index (χ4v) is 3.43. The van der Waals surface area contributed by atoms with E-state index in [1.807, 2.05) is 26.0 Å². The van der Waals surface area contributed by atoms with E-state index in [-0.39, 0.29) is 5.76 Å². The minimum absolute atomic E-state index is 0.0410. The highest BCUT2D eigenvalue weighted by Crippen LogP contribution is 2.36. The second-order valence-corrected chi connectivity index (χ2v) is 6.96. The fraction of sp³-hybridized carbons (Fsp3) is 0.421. The second kappa shape index (κ2) is 6.70. The smallest absolute Gasteiger partial charge is 0.334 e. The van der Waals surface area contributed by atoms with Gasteiger partial charge in [-0.05, 0) is 42.7 Å². The first kappa shape index (κ1) is 17.2. The summed E-state index contributed by atoms with van der Waals surface area (Å²) in [5, 5.41) is 16.5. The quantitative estimate of drug-likeness (QED) is 0.871. The lowest BCUT2D eigenvalue weighted by Crippen LogP contribution is -2.53. The van der Waals surface area contributed by atoms with E-state index in [4.69, 9.17) is 4.52 Å². The number of amides is 1. The van der Waals surface area contributed by atoms with Crippen molar-refractivity contribution in [2.45, 2.75) is 45.1 Å². The van der Waals surface area contributed by atoms with Crippen molar-refractivity contribution >= 4 is 11.9 Å². The third-order valence-electron chi connectivity index (χ3n) is 4.57. The van der Waals surface area contributed by atoms with Gasteiger partial charge >= 0.3 is 5.97 Å². The largest absolute Gasteiger partial charge is 0.479 e. The molecule has 3 rings (SSSR count). The van der Waals surface area contributed by atoms with Crippen molar-refractivity contribution < 1.29 is 19.2 Å². The molecule has 2 aromatic rings. The highest BCUT2D eigenvalue weighted by Gasteiger charge is 2.45. The number of carboxylic acid groups (broad SMARTS) is 1. The van der Waals surface area contributed by atoms with Gasteiger partial charge in [-0.15, -0.1) is 0 Å². The molecule has 0 fully saturated rings. The molecule has 0 aliphatic heterocycles. The molecule has 6 nitrogen and oxygen atoms in total. The number of aromatic nitrogens is 1. The lowest BCUT2D eigenvalue weighted by molar-refractivity contribution is -0.145. The molecule has 1 aliphatic carbocycles. The first-order valence-electron chi connectivity index (χ1n) is 8.52. The summed E-state index contributed by atoms with van der Waals surface area (Å²) in [5.74, 6) is -1.19. The molecule has 1 unspecified atom stereocenters. The van der Waals surface area contributed by atoms with Crippen molar-refractivity contribution in [3.63, 3.8) is 0 Å². The standard InChI is InChI=1S/C19H22N2O4/c1-12(2)10-14-11-16(25-21-14)17(22)20-19(18(23)24)9-5-7-13-6-3-4-8-15(13)19/h3-4,6,8,11-12H,5,7,9-10H2,1-2H3,(H,20,22)(H,23,24). The van der Waals surface area contributed by atoms with Crippen LogP contribution < -0.4 is 5.32 Å². The van der Waals surface area contributed by atoms with Crippen molar-refractivity contribution in [3.8, 4) is 0 Å². The number of rotatable bonds is 5. The normalized spacial score (nSPS) is 19.5. The average Bonchev–Trinajstić information content (AvgIpc) is 3.03. The van der Waals surface area contributed by atoms with Gasteiger partial charge in [0.2, 0.25) is 5.76 Å². The monoisotopic (exact) mass is 342 g/mol. The van der Waals surface area contributed by atoms with Crippen LogP contribution in [0.4, 0.5) is 0 Å². The topological polar surface area (TPSA) is 92.4 Å². The Balaban J connectivity index is 1.90. The number of hydrogen-bond donors (Lipinski definition) is 2. The molecular formula is C19H22N2O4. The number of carboxylic acids is 1. The Bertz CT molecular complexity index is 796. The van der Waals surface area contributed by atoms with Crippen molar-refractivity contribution in [3.05, 3.63) is 52.9 Å². The van der Waals surface area contributed by atoms with Crippen LogP contribution in [0.5, 0.6) is 0 Å². The van der Waals surface area contributed by atoms with Crippen LogP contribution in [-0.2, 0) is 23.2 Å². The number of carbonyl (C=O) groups is 2. The minimum atomic E-state index is -1.43. The highest BCUT2D eigenvalue weighted by molar-refractivity contribution is 5.96. The van der Waals surface area contributed by atoms with Crippen LogP contribution in [-0.4, -0.2) is 22.1 Å². The third kappa shape index (κ3) is 3.29. The minimum Gasteiger partial charge on any atom is -0.479 e. The lowest BCUT2D eigenvalue weighted by atomic mass is 9.76. The lowest BCUT2D eigenvalue weighted by Gasteiger charge is -2.35. The Hall–Kier alpha value is -2.63. The Morgan fingerprint density at radius 1 is 1.36 bits per heavy atom. The number of aliphatic carboxylic acids is 1. The number of nitrogens with zero attached hydrogens (tertiary/aromatic N) is 1. The molecule has 6 heteroatoms. The number of nitrogens with one attached hydrogen (secondary N) is 1. The average molecular weight is 342 g/mol. The van der Waals surface area contributed by atoms with Gasteiger partial charge < -0.3 is 14.9 Å². The molecule has 0 saturated carbocycles. The SMILES string of the molecule is CC(C)Cc1cc(C(=O)NC2(C(=O)O)CCCc3ccccc32)on1. The zero-order chi connectivity index (χ0) is 18.0. The van der Waals surface area contributed by atoms with E-state index in [0.29, 0.717) is 36.4 Å². The summed E-state index contributed by atoms with van der Waals surface area (Å²) in [4.78, 5) is 24.7. The predicted octanol–water partition coefficient (Wildman–Crippen LogP) is 2.92. The molecule has 0 bridgehead atoms. The predicted molar refractivity (Wildman–Crippen MR) is 91.2 cm³/mol. The van der Waals surface area contributed by atoms with Crippen molar-refractivity contribution in [1.29, 1.82) is 0 Å². The molecular weight excluding hydrogens is 320 g/mol. The zero-order valence-corrected chi connectivity index (χ0v) is 14.4. The Labute approximate surface area is 146 Å². The molecule has 1 amide bonds. The third-order valence-corrected chi connectivity index (χ3v) is 4.57. The number of carbonyl (C=O) groups excluding carboxylic acids is 1. The van der Waals surface area contributed by atoms with Crippen molar-refractivity contribution in [2.75, 3.05) is 0 Å². The second-order valence-electron chi connectivity index (χ2n) is 6.96. The Kier molecular flexibility index (Phi) is 4.61. The van der Waals surface area contributed by atoms with E-state index in [1.165, 1.54) is 0 Å². The maximum atomic E-state index is 12.6. The first-order valence-corrected chi connectivity index (χ1v) is 8.52. The molecule has 25 heavy (non-hydrogen) atoms. The first-order chi connectivity index (χ1) is 11.9. The van der Waals surface area contributed by atoms with Crippen LogP contribution in [0.2, 0.25) is 0 Å². The number of benzene rings is 1. The number of aryl methyl sites for hydroxylation is 1. The van der Waals surface area contributed by atoms with Crippen LogP contribution in [0, 0.1) is 5.92 Å². The molecule has 2 N–H and O–H groups in total. The van der Waals surface area contributed by atoms with E-state index >= 15 is 0 Å². The van der Waals surface area contributed by atoms with E-state index in [0.717, 1.165) is 12.0 Å². The summed E-state index contributed by atoms with van der Waals surface area (Å²) in [7, 11) is 0. The van der Waals surface area contributed by atoms with Gasteiger partial charge in [0.1, 0.15) is 0 Å². The van der Waals surface area contributed by atoms with E-state index < -0.39 is 17.4 Å². The number of fused-ring (bicyclic) bond motifs is 1. The zero-order valence-electron chi connectivity index (χ0n) is 14.4. The Morgan fingerprint density at radius 2 is 2.12 bits per heavy atom. The number of hydrogen-bond acceptors (Lipinski definition) is 4. The van der Waals surface area contributed by atoms with Gasteiger partial charge in [-0.2, -0.15) is 0 Å². The molecule has 1 aromatic carbocycles. The maximum Gasteiger partial charge on any atom is 0.334 e. The van der Waals surface area contributed by atoms with Gasteiger partial charge in [-0.25, -0.2) is 4.79 Å². The summed E-state index contributed by atoms with van der Waals surface area (Å²) in [5.41, 5.74) is 0.851. The molecule has 132 valence electrons. The Morgan fingerprint density at radius 3 is 2.84 bits per heavy atom. The van der Waals surface area contributed by atoms with Gasteiger partial charge in [-0.1, -0.05) is 43.3 Å². The van der Waals surface area contributed by atoms with Crippen molar-refractivity contribution in [1.82, 2.24) is 10.5 Å². The van der Waals surface area contributed by atoms with Gasteiger partial charge in [0.15, 0.2) is 5.54 Å². The van der Waals surface area contributed by atoms with Gasteiger partial charge in [0, 0.05) is 6.07 Å². The van der Waals surface area contributed by atoms with Crippen LogP contribution in [0.15, 0.2) is 34.9 Å². The van der Waals surface area contributed by atoms with Crippen LogP contribution in [0.25, 0.3) is 0 Å². The van der Waals surface area contributed by atoms with Crippen LogP contribution in [0.1, 0.15) is 54.1 Å². The molecule has 1 aliphatic rings. The van der Waals surface area contributed by atoms with E-state index in [9.17, 15) is 14.7 Å². The summed E-state index contributed by atoms with van der Waals surface area (Å²) in [6.45, 7) is 4.10. The van der Waals surface area contributed by atoms with E-state index in [1.54, 1.807) is 18.2 Å². The fourth-order valence-electron chi connectivity index (χ4n) is 3.43. The summed E-state index contributed by atoms with van der Waals surface area (Å²) in [6.07, 6.45) is 2.54. The summed E-state index contributed by atoms with van der Waals surface area (Å²) < 4.78 is 5.13. The maximum absolute atomic E-state index is 12.6. The summed E-state index contributed by atoms with van der Waals surface area (Å²) >= 11 is 0. The molecule has 0 saturated heterocycles. The van der Waals surface area contributed by atoms with Gasteiger partial charge in [0.25, 0.3) is 5.91 Å².